The fraction of sp³-hybridized carbons (Fsp3) is 0.400. The summed E-state index contributed by atoms with van der Waals surface area (Å²) in [6, 6.07) is 6.55. The number of rotatable bonds is 6. The lowest BCUT2D eigenvalue weighted by molar-refractivity contribution is 0.521. The van der Waals surface area contributed by atoms with Crippen molar-refractivity contribution in [3.05, 3.63) is 53.7 Å². The SMILES string of the molecule is CCNC(Cc1ccc(CC)cn1)c1ccoc1. The van der Waals surface area contributed by atoms with Gasteiger partial charge in [-0.15, -0.1) is 0 Å². The smallest absolute Gasteiger partial charge is 0.0950 e. The van der Waals surface area contributed by atoms with E-state index in [2.05, 4.69) is 36.3 Å². The van der Waals surface area contributed by atoms with Gasteiger partial charge in [0.15, 0.2) is 0 Å². The number of nitrogens with zero attached hydrogens (tertiary/aromatic N) is 1. The third-order valence-electron chi connectivity index (χ3n) is 3.10. The molecule has 18 heavy (non-hydrogen) atoms. The Morgan fingerprint density at radius 1 is 1.28 bits per heavy atom. The molecule has 0 amide bonds. The van der Waals surface area contributed by atoms with Crippen molar-refractivity contribution in [1.82, 2.24) is 10.3 Å². The van der Waals surface area contributed by atoms with E-state index in [-0.39, 0.29) is 6.04 Å². The van der Waals surface area contributed by atoms with Crippen molar-refractivity contribution >= 4 is 0 Å². The first-order valence-electron chi connectivity index (χ1n) is 6.52. The first-order valence-corrected chi connectivity index (χ1v) is 6.52. The van der Waals surface area contributed by atoms with Crippen LogP contribution >= 0.6 is 0 Å². The Morgan fingerprint density at radius 2 is 2.17 bits per heavy atom. The molecule has 0 spiro atoms. The topological polar surface area (TPSA) is 38.1 Å². The quantitative estimate of drug-likeness (QED) is 0.848. The van der Waals surface area contributed by atoms with Crippen LogP contribution in [0.5, 0.6) is 0 Å². The van der Waals surface area contributed by atoms with E-state index in [0.29, 0.717) is 0 Å². The fourth-order valence-corrected chi connectivity index (χ4v) is 2.02. The molecular formula is C15H20N2O. The Hall–Kier alpha value is -1.61. The molecule has 0 fully saturated rings. The lowest BCUT2D eigenvalue weighted by Gasteiger charge is -2.15. The average molecular weight is 244 g/mol. The zero-order valence-electron chi connectivity index (χ0n) is 11.0. The summed E-state index contributed by atoms with van der Waals surface area (Å²) >= 11 is 0. The summed E-state index contributed by atoms with van der Waals surface area (Å²) in [5, 5.41) is 3.46. The molecule has 2 aromatic rings. The Kier molecular flexibility index (Phi) is 4.53. The zero-order chi connectivity index (χ0) is 12.8. The highest BCUT2D eigenvalue weighted by atomic mass is 16.3. The molecule has 0 aliphatic heterocycles. The van der Waals surface area contributed by atoms with E-state index in [0.717, 1.165) is 25.1 Å². The predicted molar refractivity (Wildman–Crippen MR) is 72.4 cm³/mol. The number of aryl methyl sites for hydroxylation is 1. The zero-order valence-corrected chi connectivity index (χ0v) is 11.0. The molecular weight excluding hydrogens is 224 g/mol. The van der Waals surface area contributed by atoms with Crippen LogP contribution < -0.4 is 5.32 Å². The molecule has 2 rings (SSSR count). The van der Waals surface area contributed by atoms with Crippen LogP contribution in [-0.4, -0.2) is 11.5 Å². The predicted octanol–water partition coefficient (Wildman–Crippen LogP) is 3.13. The van der Waals surface area contributed by atoms with Gasteiger partial charge in [-0.2, -0.15) is 0 Å². The highest BCUT2D eigenvalue weighted by molar-refractivity contribution is 5.18. The molecule has 0 aliphatic carbocycles. The monoisotopic (exact) mass is 244 g/mol. The van der Waals surface area contributed by atoms with Gasteiger partial charge < -0.3 is 9.73 Å². The van der Waals surface area contributed by atoms with E-state index in [1.165, 1.54) is 11.1 Å². The molecule has 1 unspecified atom stereocenters. The van der Waals surface area contributed by atoms with Crippen LogP contribution in [0.3, 0.4) is 0 Å². The van der Waals surface area contributed by atoms with E-state index >= 15 is 0 Å². The minimum absolute atomic E-state index is 0.272. The van der Waals surface area contributed by atoms with Crippen molar-refractivity contribution < 1.29 is 4.42 Å². The van der Waals surface area contributed by atoms with Gasteiger partial charge in [0.2, 0.25) is 0 Å². The molecule has 1 atom stereocenters. The second-order valence-electron chi connectivity index (χ2n) is 4.38. The Bertz CT molecular complexity index is 448. The van der Waals surface area contributed by atoms with E-state index < -0.39 is 0 Å². The Labute approximate surface area is 108 Å². The molecule has 0 saturated carbocycles. The third-order valence-corrected chi connectivity index (χ3v) is 3.10. The van der Waals surface area contributed by atoms with Crippen LogP contribution in [-0.2, 0) is 12.8 Å². The van der Waals surface area contributed by atoms with Crippen LogP contribution in [0, 0.1) is 0 Å². The van der Waals surface area contributed by atoms with Crippen LogP contribution in [0.4, 0.5) is 0 Å². The molecule has 1 N–H and O–H groups in total. The van der Waals surface area contributed by atoms with E-state index in [9.17, 15) is 0 Å². The molecule has 0 aliphatic rings. The number of hydrogen-bond donors (Lipinski definition) is 1. The van der Waals surface area contributed by atoms with E-state index in [1.54, 1.807) is 12.5 Å². The normalized spacial score (nSPS) is 12.6. The second kappa shape index (κ2) is 6.36. The summed E-state index contributed by atoms with van der Waals surface area (Å²) < 4.78 is 5.16. The maximum atomic E-state index is 5.16. The molecule has 0 aromatic carbocycles. The lowest BCUT2D eigenvalue weighted by Crippen LogP contribution is -2.22. The summed E-state index contributed by atoms with van der Waals surface area (Å²) in [6.45, 7) is 5.19. The molecule has 0 saturated heterocycles. The number of likely N-dealkylation sites (N-methyl/N-ethyl adjacent to an activating group) is 1. The van der Waals surface area contributed by atoms with Gasteiger partial charge in [-0.3, -0.25) is 4.98 Å². The highest BCUT2D eigenvalue weighted by Gasteiger charge is 2.12. The van der Waals surface area contributed by atoms with Crippen molar-refractivity contribution in [3.63, 3.8) is 0 Å². The van der Waals surface area contributed by atoms with Crippen LogP contribution in [0.15, 0.2) is 41.3 Å². The van der Waals surface area contributed by atoms with Gasteiger partial charge in [0.05, 0.1) is 12.5 Å². The van der Waals surface area contributed by atoms with Crippen molar-refractivity contribution in [3.8, 4) is 0 Å². The molecule has 3 heteroatoms. The summed E-state index contributed by atoms with van der Waals surface area (Å²) in [6.07, 6.45) is 7.40. The highest BCUT2D eigenvalue weighted by Crippen LogP contribution is 2.18. The summed E-state index contributed by atoms with van der Waals surface area (Å²) in [5.74, 6) is 0. The molecule has 96 valence electrons. The van der Waals surface area contributed by atoms with Crippen LogP contribution in [0.2, 0.25) is 0 Å². The number of pyridine rings is 1. The van der Waals surface area contributed by atoms with E-state index in [4.69, 9.17) is 4.42 Å². The summed E-state index contributed by atoms with van der Waals surface area (Å²) in [7, 11) is 0. The van der Waals surface area contributed by atoms with Crippen molar-refractivity contribution in [2.75, 3.05) is 6.54 Å². The first kappa shape index (κ1) is 12.8. The molecule has 2 heterocycles. The maximum Gasteiger partial charge on any atom is 0.0950 e. The van der Waals surface area contributed by atoms with E-state index in [1.807, 2.05) is 12.3 Å². The van der Waals surface area contributed by atoms with Crippen molar-refractivity contribution in [2.45, 2.75) is 32.7 Å². The van der Waals surface area contributed by atoms with Gasteiger partial charge in [0.25, 0.3) is 0 Å². The van der Waals surface area contributed by atoms with Gasteiger partial charge >= 0.3 is 0 Å². The third kappa shape index (κ3) is 3.20. The molecule has 0 bridgehead atoms. The fourth-order valence-electron chi connectivity index (χ4n) is 2.02. The number of aromatic nitrogens is 1. The number of furan rings is 1. The summed E-state index contributed by atoms with van der Waals surface area (Å²) in [5.41, 5.74) is 3.57. The first-order chi connectivity index (χ1) is 8.83. The van der Waals surface area contributed by atoms with Gasteiger partial charge in [0, 0.05) is 29.9 Å². The summed E-state index contributed by atoms with van der Waals surface area (Å²) in [4.78, 5) is 4.51. The lowest BCUT2D eigenvalue weighted by atomic mass is 10.0. The average Bonchev–Trinajstić information content (AvgIpc) is 2.93. The van der Waals surface area contributed by atoms with Gasteiger partial charge in [-0.25, -0.2) is 0 Å². The largest absolute Gasteiger partial charge is 0.472 e. The Morgan fingerprint density at radius 3 is 2.72 bits per heavy atom. The molecule has 3 nitrogen and oxygen atoms in total. The van der Waals surface area contributed by atoms with Crippen molar-refractivity contribution in [2.24, 2.45) is 0 Å². The van der Waals surface area contributed by atoms with Crippen molar-refractivity contribution in [1.29, 1.82) is 0 Å². The van der Waals surface area contributed by atoms with Gasteiger partial charge in [-0.05, 0) is 30.7 Å². The minimum atomic E-state index is 0.272. The molecule has 0 radical (unpaired) electrons. The molecule has 2 aromatic heterocycles. The number of nitrogens with one attached hydrogen (secondary N) is 1. The van der Waals surface area contributed by atoms with Gasteiger partial charge in [0.1, 0.15) is 0 Å². The maximum absolute atomic E-state index is 5.16. The Balaban J connectivity index is 2.08. The minimum Gasteiger partial charge on any atom is -0.472 e. The van der Waals surface area contributed by atoms with Crippen LogP contribution in [0.25, 0.3) is 0 Å². The second-order valence-corrected chi connectivity index (χ2v) is 4.38. The number of hydrogen-bond acceptors (Lipinski definition) is 3. The van der Waals surface area contributed by atoms with Crippen LogP contribution in [0.1, 0.15) is 36.7 Å². The van der Waals surface area contributed by atoms with Gasteiger partial charge in [-0.1, -0.05) is 19.9 Å². The standard InChI is InChI=1S/C15H20N2O/c1-3-12-5-6-14(17-10-12)9-15(16-4-2)13-7-8-18-11-13/h5-8,10-11,15-16H,3-4,9H2,1-2H3.